The maximum Gasteiger partial charge on any atom is 0.146 e. The molecule has 2 heterocycles. The Bertz CT molecular complexity index is 893. The Morgan fingerprint density at radius 1 is 1.12 bits per heavy atom. The third-order valence-electron chi connectivity index (χ3n) is 5.07. The first kappa shape index (κ1) is 14.0. The number of para-hydroxylation sites is 1. The van der Waals surface area contributed by atoms with Gasteiger partial charge in [-0.25, -0.2) is 9.37 Å². The van der Waals surface area contributed by atoms with E-state index in [0.29, 0.717) is 24.2 Å². The Labute approximate surface area is 140 Å². The monoisotopic (exact) mass is 321 g/mol. The number of aromatic nitrogens is 2. The summed E-state index contributed by atoms with van der Waals surface area (Å²) in [6.45, 7) is 0.707. The third-order valence-corrected chi connectivity index (χ3v) is 5.07. The minimum absolute atomic E-state index is 0.142. The summed E-state index contributed by atoms with van der Waals surface area (Å²) in [5.41, 5.74) is 4.11. The number of hydrogen-bond acceptors (Lipinski definition) is 2. The van der Waals surface area contributed by atoms with Gasteiger partial charge in [0.15, 0.2) is 0 Å². The number of aromatic amines is 1. The topological polar surface area (TPSA) is 31.9 Å². The minimum atomic E-state index is -0.142. The van der Waals surface area contributed by atoms with E-state index in [4.69, 9.17) is 0 Å². The predicted octanol–water partition coefficient (Wildman–Crippen LogP) is 4.75. The first-order chi connectivity index (χ1) is 11.8. The van der Waals surface area contributed by atoms with Crippen molar-refractivity contribution in [1.82, 2.24) is 9.97 Å². The number of hydrogen-bond donors (Lipinski definition) is 1. The summed E-state index contributed by atoms with van der Waals surface area (Å²) < 4.78 is 14.2. The Balaban J connectivity index is 1.46. The Morgan fingerprint density at radius 2 is 1.96 bits per heavy atom. The Hall–Kier alpha value is -2.36. The molecule has 0 spiro atoms. The molecule has 3 nitrogen and oxygen atoms in total. The first-order valence-corrected chi connectivity index (χ1v) is 8.76. The molecule has 1 aromatic carbocycles. The van der Waals surface area contributed by atoms with Gasteiger partial charge in [0.25, 0.3) is 0 Å². The van der Waals surface area contributed by atoms with E-state index in [1.165, 1.54) is 23.9 Å². The van der Waals surface area contributed by atoms with Crippen LogP contribution in [0, 0.1) is 5.82 Å². The van der Waals surface area contributed by atoms with E-state index < -0.39 is 0 Å². The van der Waals surface area contributed by atoms with Crippen molar-refractivity contribution in [2.45, 2.75) is 44.2 Å². The minimum Gasteiger partial charge on any atom is -0.362 e. The molecule has 4 heteroatoms. The van der Waals surface area contributed by atoms with Gasteiger partial charge in [-0.15, -0.1) is 0 Å². The van der Waals surface area contributed by atoms with Crippen LogP contribution in [0.5, 0.6) is 0 Å². The summed E-state index contributed by atoms with van der Waals surface area (Å²) >= 11 is 0. The van der Waals surface area contributed by atoms with Gasteiger partial charge in [-0.2, -0.15) is 0 Å². The van der Waals surface area contributed by atoms with Crippen LogP contribution in [0.4, 0.5) is 10.1 Å². The molecular weight excluding hydrogens is 301 g/mol. The standard InChI is InChI=1S/C20H20FN3/c21-17-3-1-2-4-19(17)24(16-7-8-16)12-13-9-15-10-18(14-5-6-14)23-20(15)22-11-13/h1-4,9-11,14,16H,5-8,12H2,(H,22,23). The fourth-order valence-corrected chi connectivity index (χ4v) is 3.46. The van der Waals surface area contributed by atoms with Crippen LogP contribution in [-0.2, 0) is 6.54 Å². The van der Waals surface area contributed by atoms with E-state index in [9.17, 15) is 4.39 Å². The number of nitrogens with zero attached hydrogens (tertiary/aromatic N) is 2. The van der Waals surface area contributed by atoms with E-state index in [0.717, 1.165) is 24.1 Å². The lowest BCUT2D eigenvalue weighted by molar-refractivity contribution is 0.614. The molecule has 2 aliphatic carbocycles. The van der Waals surface area contributed by atoms with Gasteiger partial charge in [-0.05, 0) is 61.4 Å². The smallest absolute Gasteiger partial charge is 0.146 e. The van der Waals surface area contributed by atoms with Crippen LogP contribution in [0.15, 0.2) is 42.6 Å². The van der Waals surface area contributed by atoms with Crippen molar-refractivity contribution in [2.24, 2.45) is 0 Å². The van der Waals surface area contributed by atoms with Crippen LogP contribution in [0.1, 0.15) is 42.9 Å². The summed E-state index contributed by atoms with van der Waals surface area (Å²) in [4.78, 5) is 10.2. The molecule has 5 rings (SSSR count). The van der Waals surface area contributed by atoms with E-state index in [-0.39, 0.29) is 5.82 Å². The fraction of sp³-hybridized carbons (Fsp3) is 0.350. The summed E-state index contributed by atoms with van der Waals surface area (Å²) in [5.74, 6) is 0.556. The van der Waals surface area contributed by atoms with Crippen LogP contribution >= 0.6 is 0 Å². The van der Waals surface area contributed by atoms with E-state index in [1.807, 2.05) is 18.3 Å². The molecule has 0 aliphatic heterocycles. The number of fused-ring (bicyclic) bond motifs is 1. The number of rotatable bonds is 5. The van der Waals surface area contributed by atoms with Crippen molar-refractivity contribution in [3.05, 3.63) is 59.7 Å². The SMILES string of the molecule is Fc1ccccc1N(Cc1cnc2[nH]c(C3CC3)cc2c1)C1CC1. The number of H-pyrrole nitrogens is 1. The molecule has 2 fully saturated rings. The largest absolute Gasteiger partial charge is 0.362 e. The molecule has 0 bridgehead atoms. The molecule has 122 valence electrons. The molecular formula is C20H20FN3. The average Bonchev–Trinajstić information content (AvgIpc) is 3.50. The number of nitrogens with one attached hydrogen (secondary N) is 1. The Kier molecular flexibility index (Phi) is 3.12. The highest BCUT2D eigenvalue weighted by molar-refractivity contribution is 5.77. The van der Waals surface area contributed by atoms with Gasteiger partial charge in [0.2, 0.25) is 0 Å². The van der Waals surface area contributed by atoms with Gasteiger partial charge < -0.3 is 9.88 Å². The van der Waals surface area contributed by atoms with Crippen LogP contribution in [0.3, 0.4) is 0 Å². The fourth-order valence-electron chi connectivity index (χ4n) is 3.46. The van der Waals surface area contributed by atoms with E-state index in [2.05, 4.69) is 27.0 Å². The lowest BCUT2D eigenvalue weighted by Gasteiger charge is -2.25. The van der Waals surface area contributed by atoms with Crippen molar-refractivity contribution < 1.29 is 4.39 Å². The third kappa shape index (κ3) is 2.56. The van der Waals surface area contributed by atoms with Crippen LogP contribution in [0.2, 0.25) is 0 Å². The van der Waals surface area contributed by atoms with Crippen LogP contribution in [0.25, 0.3) is 11.0 Å². The zero-order valence-corrected chi connectivity index (χ0v) is 13.5. The van der Waals surface area contributed by atoms with Crippen molar-refractivity contribution in [2.75, 3.05) is 4.90 Å². The number of benzene rings is 1. The Morgan fingerprint density at radius 3 is 2.71 bits per heavy atom. The van der Waals surface area contributed by atoms with Gasteiger partial charge in [-0.1, -0.05) is 12.1 Å². The molecule has 24 heavy (non-hydrogen) atoms. The molecule has 3 aromatic rings. The van der Waals surface area contributed by atoms with Crippen LogP contribution < -0.4 is 4.90 Å². The molecule has 2 saturated carbocycles. The quantitative estimate of drug-likeness (QED) is 0.735. The van der Waals surface area contributed by atoms with Gasteiger partial charge in [0, 0.05) is 29.9 Å². The zero-order chi connectivity index (χ0) is 16.1. The van der Waals surface area contributed by atoms with Gasteiger partial charge in [-0.3, -0.25) is 0 Å². The molecule has 0 radical (unpaired) electrons. The second-order valence-electron chi connectivity index (χ2n) is 7.09. The second-order valence-corrected chi connectivity index (χ2v) is 7.09. The lowest BCUT2D eigenvalue weighted by atomic mass is 10.2. The normalized spacial score (nSPS) is 17.4. The second kappa shape index (κ2) is 5.33. The van der Waals surface area contributed by atoms with Crippen molar-refractivity contribution in [3.8, 4) is 0 Å². The number of anilines is 1. The molecule has 1 N–H and O–H groups in total. The van der Waals surface area contributed by atoms with Gasteiger partial charge in [0.1, 0.15) is 11.5 Å². The lowest BCUT2D eigenvalue weighted by Crippen LogP contribution is -2.26. The molecule has 0 amide bonds. The van der Waals surface area contributed by atoms with Crippen molar-refractivity contribution >= 4 is 16.7 Å². The highest BCUT2D eigenvalue weighted by Gasteiger charge is 2.31. The average molecular weight is 321 g/mol. The molecule has 0 unspecified atom stereocenters. The first-order valence-electron chi connectivity index (χ1n) is 8.76. The maximum atomic E-state index is 14.2. The summed E-state index contributed by atoms with van der Waals surface area (Å²) in [7, 11) is 0. The van der Waals surface area contributed by atoms with Crippen molar-refractivity contribution in [1.29, 1.82) is 0 Å². The highest BCUT2D eigenvalue weighted by Crippen LogP contribution is 2.40. The maximum absolute atomic E-state index is 14.2. The molecule has 2 aromatic heterocycles. The number of pyridine rings is 1. The zero-order valence-electron chi connectivity index (χ0n) is 13.5. The molecule has 2 aliphatic rings. The van der Waals surface area contributed by atoms with Crippen LogP contribution in [-0.4, -0.2) is 16.0 Å². The van der Waals surface area contributed by atoms with Gasteiger partial charge in [0.05, 0.1) is 5.69 Å². The molecule has 0 atom stereocenters. The summed E-state index contributed by atoms with van der Waals surface area (Å²) in [6, 6.07) is 11.9. The van der Waals surface area contributed by atoms with E-state index >= 15 is 0 Å². The number of halogens is 1. The van der Waals surface area contributed by atoms with Crippen molar-refractivity contribution in [3.63, 3.8) is 0 Å². The van der Waals surface area contributed by atoms with E-state index in [1.54, 1.807) is 12.1 Å². The summed E-state index contributed by atoms with van der Waals surface area (Å²) in [5, 5.41) is 1.17. The molecule has 0 saturated heterocycles. The predicted molar refractivity (Wildman–Crippen MR) is 93.7 cm³/mol. The van der Waals surface area contributed by atoms with Gasteiger partial charge >= 0.3 is 0 Å². The summed E-state index contributed by atoms with van der Waals surface area (Å²) in [6.07, 6.45) is 6.76. The highest BCUT2D eigenvalue weighted by atomic mass is 19.1.